The standard InChI is InChI=1S/C14H8BF7O/c1-4-9(18)11(20)8(12(21)10(4)19)15-7-5(16)3-6(17)14(23-2)13(7)22/h3,15H,1-2H3. The van der Waals surface area contributed by atoms with Crippen LogP contribution in [0.4, 0.5) is 30.7 Å². The van der Waals surface area contributed by atoms with Crippen LogP contribution in [0.15, 0.2) is 6.07 Å². The third-order valence-electron chi connectivity index (χ3n) is 3.35. The van der Waals surface area contributed by atoms with Crippen molar-refractivity contribution in [1.29, 1.82) is 0 Å². The molecule has 2 aromatic carbocycles. The van der Waals surface area contributed by atoms with Crippen LogP contribution in [-0.2, 0) is 0 Å². The van der Waals surface area contributed by atoms with Crippen molar-refractivity contribution in [3.63, 3.8) is 0 Å². The van der Waals surface area contributed by atoms with Gasteiger partial charge in [0.25, 0.3) is 0 Å². The van der Waals surface area contributed by atoms with E-state index in [4.69, 9.17) is 0 Å². The fourth-order valence-electron chi connectivity index (χ4n) is 2.08. The molecule has 0 unspecified atom stereocenters. The molecule has 0 saturated carbocycles. The highest BCUT2D eigenvalue weighted by Crippen LogP contribution is 2.21. The predicted molar refractivity (Wildman–Crippen MR) is 70.3 cm³/mol. The molecular weight excluding hydrogens is 328 g/mol. The van der Waals surface area contributed by atoms with E-state index in [2.05, 4.69) is 4.74 Å². The normalized spacial score (nSPS) is 10.8. The maximum Gasteiger partial charge on any atom is 0.208 e. The van der Waals surface area contributed by atoms with Gasteiger partial charge < -0.3 is 4.74 Å². The lowest BCUT2D eigenvalue weighted by Crippen LogP contribution is -2.38. The van der Waals surface area contributed by atoms with Crippen LogP contribution < -0.4 is 15.7 Å². The van der Waals surface area contributed by atoms with Gasteiger partial charge in [-0.2, -0.15) is 0 Å². The molecule has 2 aromatic rings. The van der Waals surface area contributed by atoms with Crippen LogP contribution in [0.5, 0.6) is 5.75 Å². The third kappa shape index (κ3) is 2.75. The molecule has 9 heteroatoms. The van der Waals surface area contributed by atoms with Gasteiger partial charge >= 0.3 is 0 Å². The summed E-state index contributed by atoms with van der Waals surface area (Å²) in [6.45, 7) is 0.808. The topological polar surface area (TPSA) is 9.23 Å². The number of benzene rings is 2. The van der Waals surface area contributed by atoms with E-state index in [9.17, 15) is 30.7 Å². The zero-order valence-electron chi connectivity index (χ0n) is 11.8. The lowest BCUT2D eigenvalue weighted by atomic mass is 9.62. The van der Waals surface area contributed by atoms with Crippen LogP contribution in [0.25, 0.3) is 0 Å². The summed E-state index contributed by atoms with van der Waals surface area (Å²) in [5, 5.41) is 0. The Balaban J connectivity index is 2.66. The lowest BCUT2D eigenvalue weighted by Gasteiger charge is -2.12. The van der Waals surface area contributed by atoms with E-state index < -0.39 is 70.2 Å². The summed E-state index contributed by atoms with van der Waals surface area (Å²) in [4.78, 5) is 0. The van der Waals surface area contributed by atoms with Crippen LogP contribution in [0, 0.1) is 47.6 Å². The average molecular weight is 336 g/mol. The molecule has 1 nitrogen and oxygen atoms in total. The Morgan fingerprint density at radius 2 is 1.26 bits per heavy atom. The third-order valence-corrected chi connectivity index (χ3v) is 3.35. The number of halogens is 7. The Labute approximate surface area is 126 Å². The number of methoxy groups -OCH3 is 1. The molecule has 0 saturated heterocycles. The van der Waals surface area contributed by atoms with Crippen molar-refractivity contribution in [2.24, 2.45) is 0 Å². The first-order valence-electron chi connectivity index (χ1n) is 6.22. The highest BCUT2D eigenvalue weighted by molar-refractivity contribution is 6.67. The van der Waals surface area contributed by atoms with E-state index in [0.717, 1.165) is 14.0 Å². The molecule has 122 valence electrons. The highest BCUT2D eigenvalue weighted by Gasteiger charge is 2.27. The van der Waals surface area contributed by atoms with Crippen LogP contribution in [0.1, 0.15) is 5.56 Å². The largest absolute Gasteiger partial charge is 0.491 e. The maximum absolute atomic E-state index is 14.0. The van der Waals surface area contributed by atoms with Crippen LogP contribution in [-0.4, -0.2) is 14.4 Å². The SMILES string of the molecule is COc1c(F)cc(F)c(Bc2c(F)c(F)c(C)c(F)c2F)c1F. The molecule has 2 rings (SSSR count). The minimum absolute atomic E-state index is 0.244. The Morgan fingerprint density at radius 1 is 0.739 bits per heavy atom. The van der Waals surface area contributed by atoms with Gasteiger partial charge in [0.1, 0.15) is 5.82 Å². The molecule has 0 heterocycles. The number of hydrogen-bond acceptors (Lipinski definition) is 1. The van der Waals surface area contributed by atoms with Crippen LogP contribution in [0.3, 0.4) is 0 Å². The quantitative estimate of drug-likeness (QED) is 0.475. The number of rotatable bonds is 3. The van der Waals surface area contributed by atoms with Crippen molar-refractivity contribution in [3.8, 4) is 5.75 Å². The molecule has 0 aliphatic rings. The second-order valence-electron chi connectivity index (χ2n) is 4.70. The molecule has 0 aromatic heterocycles. The summed E-state index contributed by atoms with van der Waals surface area (Å²) in [5.74, 6) is -12.3. The van der Waals surface area contributed by atoms with Gasteiger partial charge in [-0.3, -0.25) is 0 Å². The Bertz CT molecular complexity index is 763. The maximum atomic E-state index is 14.0. The minimum Gasteiger partial charge on any atom is -0.491 e. The molecule has 0 aliphatic carbocycles. The van der Waals surface area contributed by atoms with E-state index in [1.807, 2.05) is 0 Å². The molecule has 0 atom stereocenters. The van der Waals surface area contributed by atoms with E-state index in [1.165, 1.54) is 0 Å². The molecule has 0 aliphatic heterocycles. The number of hydrogen-bond donors (Lipinski definition) is 0. The molecule has 0 amide bonds. The first kappa shape index (κ1) is 17.2. The summed E-state index contributed by atoms with van der Waals surface area (Å²) >= 11 is 0. The van der Waals surface area contributed by atoms with Crippen molar-refractivity contribution in [1.82, 2.24) is 0 Å². The lowest BCUT2D eigenvalue weighted by molar-refractivity contribution is 0.358. The van der Waals surface area contributed by atoms with E-state index in [-0.39, 0.29) is 6.07 Å². The van der Waals surface area contributed by atoms with E-state index in [1.54, 1.807) is 0 Å². The molecule has 0 spiro atoms. The summed E-state index contributed by atoms with van der Waals surface area (Å²) < 4.78 is 99.9. The van der Waals surface area contributed by atoms with Gasteiger partial charge in [0, 0.05) is 11.6 Å². The number of ether oxygens (including phenoxy) is 1. The molecular formula is C14H8BF7O. The molecule has 0 radical (unpaired) electrons. The fraction of sp³-hybridized carbons (Fsp3) is 0.143. The van der Waals surface area contributed by atoms with Gasteiger partial charge in [-0.05, 0) is 17.8 Å². The predicted octanol–water partition coefficient (Wildman–Crippen LogP) is 2.36. The monoisotopic (exact) mass is 336 g/mol. The van der Waals surface area contributed by atoms with Crippen molar-refractivity contribution >= 4 is 18.2 Å². The summed E-state index contributed by atoms with van der Waals surface area (Å²) in [6.07, 6.45) is 0. The van der Waals surface area contributed by atoms with Crippen molar-refractivity contribution in [2.45, 2.75) is 6.92 Å². The van der Waals surface area contributed by atoms with Crippen LogP contribution >= 0.6 is 0 Å². The van der Waals surface area contributed by atoms with Gasteiger partial charge in [-0.1, -0.05) is 0 Å². The zero-order valence-corrected chi connectivity index (χ0v) is 11.8. The van der Waals surface area contributed by atoms with Gasteiger partial charge in [-0.25, -0.2) is 30.7 Å². The first-order valence-corrected chi connectivity index (χ1v) is 6.22. The highest BCUT2D eigenvalue weighted by atomic mass is 19.2. The van der Waals surface area contributed by atoms with E-state index >= 15 is 0 Å². The molecule has 0 bridgehead atoms. The van der Waals surface area contributed by atoms with Crippen molar-refractivity contribution in [3.05, 3.63) is 52.4 Å². The zero-order chi connectivity index (χ0) is 17.5. The van der Waals surface area contributed by atoms with Gasteiger partial charge in [0.15, 0.2) is 40.7 Å². The second-order valence-corrected chi connectivity index (χ2v) is 4.70. The molecule has 0 fully saturated rings. The fourth-order valence-corrected chi connectivity index (χ4v) is 2.08. The van der Waals surface area contributed by atoms with Gasteiger partial charge in [0.2, 0.25) is 7.28 Å². The smallest absolute Gasteiger partial charge is 0.208 e. The van der Waals surface area contributed by atoms with Crippen LogP contribution in [0.2, 0.25) is 0 Å². The van der Waals surface area contributed by atoms with Crippen molar-refractivity contribution < 1.29 is 35.5 Å². The van der Waals surface area contributed by atoms with E-state index in [0.29, 0.717) is 0 Å². The summed E-state index contributed by atoms with van der Waals surface area (Å²) in [7, 11) is -0.268. The Kier molecular flexibility index (Phi) is 4.58. The molecule has 23 heavy (non-hydrogen) atoms. The Hall–Kier alpha value is -2.19. The van der Waals surface area contributed by atoms with Gasteiger partial charge in [0.05, 0.1) is 7.11 Å². The summed E-state index contributed by atoms with van der Waals surface area (Å²) in [6, 6.07) is 0.244. The second kappa shape index (κ2) is 6.13. The Morgan fingerprint density at radius 3 is 1.74 bits per heavy atom. The summed E-state index contributed by atoms with van der Waals surface area (Å²) in [5.41, 5.74) is -3.10. The first-order chi connectivity index (χ1) is 10.7. The molecule has 0 N–H and O–H groups in total. The minimum atomic E-state index is -1.77. The van der Waals surface area contributed by atoms with Gasteiger partial charge in [-0.15, -0.1) is 0 Å². The van der Waals surface area contributed by atoms with Crippen molar-refractivity contribution in [2.75, 3.05) is 7.11 Å². The average Bonchev–Trinajstić information content (AvgIpc) is 2.50.